The number of alkyl halides is 2. The second kappa shape index (κ2) is 28.3. The Bertz CT molecular complexity index is 3540. The van der Waals surface area contributed by atoms with Crippen molar-refractivity contribution in [1.29, 1.82) is 0 Å². The molecule has 4 heterocycles. The first-order valence-corrected chi connectivity index (χ1v) is 27.5. The molecule has 4 amide bonds. The summed E-state index contributed by atoms with van der Waals surface area (Å²) in [5, 5.41) is 28.6. The van der Waals surface area contributed by atoms with Gasteiger partial charge in [-0.15, -0.1) is 10.2 Å². The molecule has 2 aliphatic rings. The van der Waals surface area contributed by atoms with Gasteiger partial charge in [-0.25, -0.2) is 27.7 Å². The Balaban J connectivity index is 0.000000202. The fourth-order valence-electron chi connectivity index (χ4n) is 9.18. The third-order valence-electron chi connectivity index (χ3n) is 13.6. The number of hydrogen-bond acceptors (Lipinski definition) is 14. The van der Waals surface area contributed by atoms with Crippen LogP contribution in [0.1, 0.15) is 40.6 Å². The van der Waals surface area contributed by atoms with Crippen molar-refractivity contribution in [3.63, 3.8) is 0 Å². The van der Waals surface area contributed by atoms with Crippen molar-refractivity contribution in [2.45, 2.75) is 63.2 Å². The lowest BCUT2D eigenvalue weighted by molar-refractivity contribution is -0.120. The van der Waals surface area contributed by atoms with Crippen LogP contribution in [-0.4, -0.2) is 111 Å². The van der Waals surface area contributed by atoms with Crippen molar-refractivity contribution in [2.75, 3.05) is 50.2 Å². The maximum atomic E-state index is 15.1. The van der Waals surface area contributed by atoms with Gasteiger partial charge in [0.2, 0.25) is 5.91 Å². The summed E-state index contributed by atoms with van der Waals surface area (Å²) < 4.78 is 54.8. The summed E-state index contributed by atoms with van der Waals surface area (Å²) in [5.41, 5.74) is 9.09. The summed E-state index contributed by atoms with van der Waals surface area (Å²) in [4.78, 5) is 48.8. The van der Waals surface area contributed by atoms with Gasteiger partial charge in [-0.1, -0.05) is 106 Å². The van der Waals surface area contributed by atoms with Crippen molar-refractivity contribution in [1.82, 2.24) is 51.3 Å². The number of halogens is 4. The fraction of sp³-hybridized carbons (Fsp3) is 0.267. The fourth-order valence-corrected chi connectivity index (χ4v) is 9.33. The highest BCUT2D eigenvalue weighted by molar-refractivity contribution is 6.53. The van der Waals surface area contributed by atoms with Crippen LogP contribution in [0, 0.1) is 11.6 Å². The minimum atomic E-state index is -1.22. The first kappa shape index (κ1) is 59.7. The number of hydrogen-bond donors (Lipinski definition) is 4. The van der Waals surface area contributed by atoms with Gasteiger partial charge in [0.25, 0.3) is 5.91 Å². The number of nitrogens with zero attached hydrogens (tertiary/aromatic N) is 8. The van der Waals surface area contributed by atoms with Crippen molar-refractivity contribution >= 4 is 58.6 Å². The number of benzene rings is 6. The number of amides is 4. The molecule has 0 saturated carbocycles. The third kappa shape index (κ3) is 16.0. The Labute approximate surface area is 492 Å². The van der Waals surface area contributed by atoms with Crippen LogP contribution in [0.5, 0.6) is 11.5 Å². The van der Waals surface area contributed by atoms with Gasteiger partial charge in [0.05, 0.1) is 88.6 Å². The Morgan fingerprint density at radius 2 is 1.12 bits per heavy atom. The molecule has 24 heteroatoms. The Morgan fingerprint density at radius 1 is 0.631 bits per heavy atom. The van der Waals surface area contributed by atoms with Gasteiger partial charge >= 0.3 is 12.2 Å². The van der Waals surface area contributed by atoms with Crippen LogP contribution in [0.25, 0.3) is 22.3 Å². The zero-order valence-corrected chi connectivity index (χ0v) is 47.5. The van der Waals surface area contributed by atoms with Gasteiger partial charge in [0.15, 0.2) is 4.84 Å². The van der Waals surface area contributed by atoms with E-state index >= 15 is 8.78 Å². The number of carbonyl (C=O) groups is 4. The second-order valence-electron chi connectivity index (χ2n) is 19.6. The van der Waals surface area contributed by atoms with Crippen molar-refractivity contribution < 1.29 is 46.9 Å². The number of rotatable bonds is 23. The molecule has 2 aliphatic heterocycles. The van der Waals surface area contributed by atoms with Gasteiger partial charge in [-0.05, 0) is 94.0 Å². The Kier molecular flexibility index (Phi) is 20.1. The van der Waals surface area contributed by atoms with E-state index < -0.39 is 46.8 Å². The minimum Gasteiger partial charge on any atom is -0.497 e. The summed E-state index contributed by atoms with van der Waals surface area (Å²) in [6.07, 6.45) is 1.36. The molecule has 20 nitrogen and oxygen atoms in total. The zero-order valence-electron chi connectivity index (χ0n) is 46.0. The molecular weight excluding hydrogens is 1130 g/mol. The molecule has 6 aromatic carbocycles. The number of methoxy groups -OCH3 is 2. The molecule has 0 bridgehead atoms. The van der Waals surface area contributed by atoms with Crippen LogP contribution < -0.4 is 40.5 Å². The normalized spacial score (nSPS) is 14.7. The zero-order chi connectivity index (χ0) is 59.1. The van der Waals surface area contributed by atoms with Crippen LogP contribution >= 0.6 is 23.2 Å². The Morgan fingerprint density at radius 3 is 1.61 bits per heavy atom. The lowest BCUT2D eigenvalue weighted by Gasteiger charge is -2.15. The molecule has 2 saturated heterocycles. The first-order chi connectivity index (χ1) is 40.7. The summed E-state index contributed by atoms with van der Waals surface area (Å²) in [6, 6.07) is 40.1. The molecule has 0 unspecified atom stereocenters. The predicted molar refractivity (Wildman–Crippen MR) is 311 cm³/mol. The highest BCUT2D eigenvalue weighted by Crippen LogP contribution is 2.31. The Hall–Kier alpha value is -8.96. The summed E-state index contributed by atoms with van der Waals surface area (Å²) in [5.74, 6) is -0.0873. The molecule has 2 atom stereocenters. The van der Waals surface area contributed by atoms with E-state index in [1.165, 1.54) is 28.9 Å². The average molecular weight is 1190 g/mol. The number of carbonyl (C=O) groups excluding carboxylic acids is 4. The van der Waals surface area contributed by atoms with E-state index in [0.29, 0.717) is 67.3 Å². The lowest BCUT2D eigenvalue weighted by atomic mass is 10.0. The van der Waals surface area contributed by atoms with E-state index in [0.717, 1.165) is 50.7 Å². The van der Waals surface area contributed by atoms with E-state index in [4.69, 9.17) is 42.1 Å². The maximum absolute atomic E-state index is 15.1. The standard InChI is InChI=1S/C30H29Cl2FN6O4.C30H31FN6O4/c1-42-24-9-4-20(5-10-24)16-38-17-22(36-37-38)14-34-13-19-2-6-21(7-3-19)26-11-8-23(12-27(26)33)39-18-25(43-30(39)41)15-35-29(40)28(31)32;1-20(38)33-17-27-19-36(30(39)41-27)24-9-12-28(29(31)13-24)23-7-3-21(4-8-23)14-32-15-25-16-34-35-37(25)18-22-5-10-26(40-2)11-6-22/h2-12,17,25,28,34H,13-16,18H2,1H3,(H,35,40);3-13,16,27,32H,14-15,17-19H2,1-2H3,(H,33,38)/t25-;27-/m00/s1. The minimum absolute atomic E-state index is 0.0452. The van der Waals surface area contributed by atoms with Gasteiger partial charge < -0.3 is 40.2 Å². The molecular formula is C60H60Cl2F2N12O8. The van der Waals surface area contributed by atoms with Crippen molar-refractivity contribution in [3.8, 4) is 33.8 Å². The summed E-state index contributed by atoms with van der Waals surface area (Å²) in [6.45, 7) is 5.61. The second-order valence-corrected chi connectivity index (χ2v) is 20.7. The van der Waals surface area contributed by atoms with Gasteiger partial charge in [0, 0.05) is 44.2 Å². The highest BCUT2D eigenvalue weighted by atomic mass is 35.5. The SMILES string of the molecule is COc1ccc(Cn2cc(CNCc3ccc(-c4ccc(N5C[C@H](CNC(=O)C(Cl)Cl)OC5=O)cc4F)cc3)nn2)cc1.COc1ccc(Cn2nncc2CNCc2ccc(-c3ccc(N4C[C@H](CNC(C)=O)OC4=O)cc3F)cc2)cc1. The van der Waals surface area contributed by atoms with E-state index in [-0.39, 0.29) is 32.1 Å². The molecule has 4 N–H and O–H groups in total. The monoisotopic (exact) mass is 1180 g/mol. The van der Waals surface area contributed by atoms with E-state index in [1.54, 1.807) is 49.4 Å². The summed E-state index contributed by atoms with van der Waals surface area (Å²) in [7, 11) is 3.28. The number of anilines is 2. The van der Waals surface area contributed by atoms with E-state index in [1.807, 2.05) is 108 Å². The summed E-state index contributed by atoms with van der Waals surface area (Å²) >= 11 is 11.0. The van der Waals surface area contributed by atoms with Gasteiger partial charge in [0.1, 0.15) is 35.3 Å². The van der Waals surface area contributed by atoms with Crippen LogP contribution in [0.15, 0.2) is 146 Å². The predicted octanol–water partition coefficient (Wildman–Crippen LogP) is 8.57. The number of aromatic nitrogens is 6. The molecule has 84 heavy (non-hydrogen) atoms. The van der Waals surface area contributed by atoms with Crippen molar-refractivity contribution in [3.05, 3.63) is 191 Å². The number of cyclic esters (lactones) is 2. The topological polar surface area (TPSA) is 221 Å². The third-order valence-corrected chi connectivity index (χ3v) is 14.0. The van der Waals surface area contributed by atoms with E-state index in [2.05, 4.69) is 41.9 Å². The van der Waals surface area contributed by atoms with Crippen molar-refractivity contribution in [2.24, 2.45) is 0 Å². The number of nitrogens with one attached hydrogen (secondary N) is 4. The van der Waals surface area contributed by atoms with Crippen LogP contribution in [0.2, 0.25) is 0 Å². The smallest absolute Gasteiger partial charge is 0.414 e. The van der Waals surface area contributed by atoms with Crippen LogP contribution in [0.3, 0.4) is 0 Å². The molecule has 0 radical (unpaired) electrons. The average Bonchev–Trinajstić information content (AvgIpc) is 4.21. The van der Waals surface area contributed by atoms with Crippen LogP contribution in [-0.2, 0) is 58.3 Å². The maximum Gasteiger partial charge on any atom is 0.414 e. The lowest BCUT2D eigenvalue weighted by Crippen LogP contribution is -2.37. The molecule has 2 aromatic heterocycles. The number of ether oxygens (including phenoxy) is 4. The van der Waals surface area contributed by atoms with E-state index in [9.17, 15) is 19.2 Å². The first-order valence-electron chi connectivity index (χ1n) is 26.7. The molecule has 0 aliphatic carbocycles. The highest BCUT2D eigenvalue weighted by Gasteiger charge is 2.34. The quantitative estimate of drug-likeness (QED) is 0.0441. The molecule has 436 valence electrons. The van der Waals surface area contributed by atoms with Crippen LogP contribution in [0.4, 0.5) is 29.7 Å². The largest absolute Gasteiger partial charge is 0.497 e. The van der Waals surface area contributed by atoms with Gasteiger partial charge in [-0.3, -0.25) is 19.4 Å². The molecule has 0 spiro atoms. The molecule has 10 rings (SSSR count). The van der Waals surface area contributed by atoms with Gasteiger partial charge in [-0.2, -0.15) is 0 Å². The molecule has 8 aromatic rings. The molecule has 2 fully saturated rings.